The van der Waals surface area contributed by atoms with Gasteiger partial charge in [0, 0.05) is 70.9 Å². The van der Waals surface area contributed by atoms with Crippen LogP contribution in [0.2, 0.25) is 0 Å². The van der Waals surface area contributed by atoms with Crippen LogP contribution in [0.4, 0.5) is 4.79 Å². The first-order valence-corrected chi connectivity index (χ1v) is 19.1. The van der Waals surface area contributed by atoms with Gasteiger partial charge in [-0.1, -0.05) is 18.6 Å². The number of aliphatic hydroxyl groups is 1. The van der Waals surface area contributed by atoms with Crippen LogP contribution in [0.1, 0.15) is 64.2 Å². The molecule has 0 bridgehead atoms. The van der Waals surface area contributed by atoms with Gasteiger partial charge in [0.25, 0.3) is 0 Å². The third kappa shape index (κ3) is 16.7. The lowest BCUT2D eigenvalue weighted by Gasteiger charge is -2.31. The maximum Gasteiger partial charge on any atom is 0.315 e. The van der Waals surface area contributed by atoms with Crippen molar-refractivity contribution in [3.63, 3.8) is 0 Å². The van der Waals surface area contributed by atoms with Crippen molar-refractivity contribution in [2.24, 2.45) is 0 Å². The molecule has 6 atom stereocenters. The Bertz CT molecular complexity index is 980. The second-order valence-corrected chi connectivity index (χ2v) is 13.9. The molecule has 4 amide bonds. The third-order valence-corrected chi connectivity index (χ3v) is 10.4. The number of hydrogen-bond donors (Lipinski definition) is 5. The second kappa shape index (κ2) is 25.1. The Labute approximate surface area is 296 Å². The number of methoxy groups -OCH3 is 2. The van der Waals surface area contributed by atoms with Crippen molar-refractivity contribution in [2.75, 3.05) is 85.8 Å². The maximum absolute atomic E-state index is 12.8. The monoisotopic (exact) mass is 715 g/mol. The van der Waals surface area contributed by atoms with Crippen LogP contribution in [0.5, 0.6) is 0 Å². The standard InChI is InChI=1S/C34H61N5O9S/c1-44-27-10-5-6-17-39(24-28(27)45-2)32(42)14-7-13-31(41)36-16-9-19-47-21-23-48-22-20-46-18-8-15-35-30(40)12-4-3-11-29-33-26(25-49-29)37-34(43)38-33/h5,10,26-29,31,33,36,41H,3-4,6-9,11-25H2,1-2H3,(H,35,40)(H2,37,38,43)/b10-5-/t26-,27-,28-,29-,31?,33-/m0/s1. The zero-order valence-corrected chi connectivity index (χ0v) is 30.4. The summed E-state index contributed by atoms with van der Waals surface area (Å²) in [5.74, 6) is 1.11. The average Bonchev–Trinajstić information content (AvgIpc) is 3.64. The number of ether oxygens (including phenoxy) is 5. The smallest absolute Gasteiger partial charge is 0.315 e. The van der Waals surface area contributed by atoms with E-state index >= 15 is 0 Å². The number of carbonyl (C=O) groups is 3. The number of unbranched alkanes of at least 4 members (excludes halogenated alkanes) is 1. The summed E-state index contributed by atoms with van der Waals surface area (Å²) in [5.41, 5.74) is 0. The van der Waals surface area contributed by atoms with E-state index in [0.717, 1.165) is 44.3 Å². The normalized spacial score (nSPS) is 24.8. The van der Waals surface area contributed by atoms with Crippen molar-refractivity contribution < 1.29 is 43.2 Å². The molecule has 282 valence electrons. The Hall–Kier alpha value is -1.98. The first-order chi connectivity index (χ1) is 23.9. The van der Waals surface area contributed by atoms with E-state index in [2.05, 4.69) is 21.3 Å². The van der Waals surface area contributed by atoms with Gasteiger partial charge in [-0.05, 0) is 51.5 Å². The van der Waals surface area contributed by atoms with Gasteiger partial charge in [0.2, 0.25) is 11.8 Å². The number of aliphatic hydroxyl groups excluding tert-OH is 1. The molecule has 15 heteroatoms. The highest BCUT2D eigenvalue weighted by Crippen LogP contribution is 2.33. The Morgan fingerprint density at radius 1 is 0.959 bits per heavy atom. The summed E-state index contributed by atoms with van der Waals surface area (Å²) in [4.78, 5) is 38.1. The molecular weight excluding hydrogens is 654 g/mol. The highest BCUT2D eigenvalue weighted by Gasteiger charge is 2.42. The van der Waals surface area contributed by atoms with E-state index in [0.29, 0.717) is 96.8 Å². The molecule has 14 nitrogen and oxygen atoms in total. The van der Waals surface area contributed by atoms with Crippen molar-refractivity contribution in [3.05, 3.63) is 12.2 Å². The molecule has 0 radical (unpaired) electrons. The number of hydrogen-bond acceptors (Lipinski definition) is 11. The molecule has 2 fully saturated rings. The largest absolute Gasteiger partial charge is 0.379 e. The molecule has 0 spiro atoms. The zero-order chi connectivity index (χ0) is 35.1. The number of rotatable bonds is 26. The van der Waals surface area contributed by atoms with Crippen LogP contribution in [-0.2, 0) is 33.3 Å². The Morgan fingerprint density at radius 2 is 1.69 bits per heavy atom. The second-order valence-electron chi connectivity index (χ2n) is 12.7. The molecule has 3 aliphatic heterocycles. The molecule has 49 heavy (non-hydrogen) atoms. The maximum atomic E-state index is 12.8. The molecule has 0 saturated carbocycles. The molecule has 1 unspecified atom stereocenters. The number of amides is 4. The van der Waals surface area contributed by atoms with E-state index in [-0.39, 0.29) is 42.1 Å². The highest BCUT2D eigenvalue weighted by molar-refractivity contribution is 8.00. The fourth-order valence-electron chi connectivity index (χ4n) is 6.12. The Balaban J connectivity index is 1.02. The molecule has 3 rings (SSSR count). The molecule has 3 aliphatic rings. The number of urea groups is 1. The first-order valence-electron chi connectivity index (χ1n) is 18.0. The first kappa shape index (κ1) is 41.4. The molecule has 0 aliphatic carbocycles. The summed E-state index contributed by atoms with van der Waals surface area (Å²) in [6, 6.07) is 0.414. The topological polar surface area (TPSA) is 169 Å². The van der Waals surface area contributed by atoms with Crippen LogP contribution in [0.25, 0.3) is 0 Å². The van der Waals surface area contributed by atoms with Gasteiger partial charge in [0.15, 0.2) is 0 Å². The van der Waals surface area contributed by atoms with Gasteiger partial charge >= 0.3 is 6.03 Å². The molecule has 0 aromatic rings. The van der Waals surface area contributed by atoms with Crippen LogP contribution in [0.3, 0.4) is 0 Å². The molecular formula is C34H61N5O9S. The molecule has 2 saturated heterocycles. The summed E-state index contributed by atoms with van der Waals surface area (Å²) >= 11 is 1.91. The van der Waals surface area contributed by atoms with Crippen molar-refractivity contribution in [1.82, 2.24) is 26.2 Å². The lowest BCUT2D eigenvalue weighted by molar-refractivity contribution is -0.134. The number of nitrogens with zero attached hydrogens (tertiary/aromatic N) is 1. The Kier molecular flexibility index (Phi) is 21.2. The van der Waals surface area contributed by atoms with E-state index in [1.807, 2.05) is 28.8 Å². The van der Waals surface area contributed by atoms with Crippen LogP contribution >= 0.6 is 11.8 Å². The van der Waals surface area contributed by atoms with Crippen LogP contribution in [0, 0.1) is 0 Å². The summed E-state index contributed by atoms with van der Waals surface area (Å²) in [6.45, 7) is 5.46. The van der Waals surface area contributed by atoms with E-state index in [1.54, 1.807) is 14.2 Å². The van der Waals surface area contributed by atoms with Crippen molar-refractivity contribution >= 4 is 29.6 Å². The fourth-order valence-corrected chi connectivity index (χ4v) is 7.66. The fraction of sp³-hybridized carbons (Fsp3) is 0.853. The van der Waals surface area contributed by atoms with Gasteiger partial charge in [-0.3, -0.25) is 14.9 Å². The number of fused-ring (bicyclic) bond motifs is 1. The van der Waals surface area contributed by atoms with E-state index in [4.69, 9.17) is 23.7 Å². The van der Waals surface area contributed by atoms with Crippen LogP contribution in [0.15, 0.2) is 12.2 Å². The predicted octanol–water partition coefficient (Wildman–Crippen LogP) is 1.56. The summed E-state index contributed by atoms with van der Waals surface area (Å²) < 4.78 is 27.7. The summed E-state index contributed by atoms with van der Waals surface area (Å²) in [6.07, 6.45) is 10.2. The Morgan fingerprint density at radius 3 is 2.43 bits per heavy atom. The van der Waals surface area contributed by atoms with E-state index < -0.39 is 6.23 Å². The summed E-state index contributed by atoms with van der Waals surface area (Å²) in [5, 5.41) is 22.7. The average molecular weight is 716 g/mol. The summed E-state index contributed by atoms with van der Waals surface area (Å²) in [7, 11) is 3.28. The van der Waals surface area contributed by atoms with Gasteiger partial charge in [-0.25, -0.2) is 4.79 Å². The van der Waals surface area contributed by atoms with Crippen LogP contribution in [-0.4, -0.2) is 149 Å². The van der Waals surface area contributed by atoms with E-state index in [9.17, 15) is 19.5 Å². The minimum Gasteiger partial charge on any atom is -0.379 e. The minimum absolute atomic E-state index is 0.0586. The molecule has 0 aromatic heterocycles. The lowest BCUT2D eigenvalue weighted by atomic mass is 10.0. The van der Waals surface area contributed by atoms with Crippen molar-refractivity contribution in [2.45, 2.75) is 100.0 Å². The highest BCUT2D eigenvalue weighted by atomic mass is 32.2. The van der Waals surface area contributed by atoms with Gasteiger partial charge < -0.3 is 49.6 Å². The minimum atomic E-state index is -0.658. The van der Waals surface area contributed by atoms with Gasteiger partial charge in [-0.2, -0.15) is 11.8 Å². The van der Waals surface area contributed by atoms with Crippen LogP contribution < -0.4 is 21.3 Å². The number of thioether (sulfide) groups is 1. The zero-order valence-electron chi connectivity index (χ0n) is 29.5. The number of nitrogens with one attached hydrogen (secondary N) is 4. The molecule has 3 heterocycles. The van der Waals surface area contributed by atoms with Crippen molar-refractivity contribution in [3.8, 4) is 0 Å². The predicted molar refractivity (Wildman–Crippen MR) is 188 cm³/mol. The van der Waals surface area contributed by atoms with Gasteiger partial charge in [0.05, 0.1) is 38.5 Å². The molecule has 5 N–H and O–H groups in total. The SMILES string of the molecule is CO[C@H]1/C=C\CCN(C(=O)CCCC(O)NCCCOCCOCCOCCCNC(=O)CCCC[C@@H]2SC[C@@H]3NC(=O)N[C@@H]32)C[C@@H]1OC. The lowest BCUT2D eigenvalue weighted by Crippen LogP contribution is -2.44. The van der Waals surface area contributed by atoms with Crippen molar-refractivity contribution in [1.29, 1.82) is 0 Å². The van der Waals surface area contributed by atoms with Gasteiger partial charge in [-0.15, -0.1) is 0 Å². The van der Waals surface area contributed by atoms with Gasteiger partial charge in [0.1, 0.15) is 18.4 Å². The third-order valence-electron chi connectivity index (χ3n) is 8.91. The number of carbonyl (C=O) groups excluding carboxylic acids is 3. The van der Waals surface area contributed by atoms with E-state index in [1.165, 1.54) is 0 Å². The molecule has 0 aromatic carbocycles. The quantitative estimate of drug-likeness (QED) is 0.0382.